The van der Waals surface area contributed by atoms with Gasteiger partial charge in [-0.2, -0.15) is 0 Å². The minimum absolute atomic E-state index is 0.524. The highest BCUT2D eigenvalue weighted by molar-refractivity contribution is 5.26. The predicted molar refractivity (Wildman–Crippen MR) is 94.5 cm³/mol. The summed E-state index contributed by atoms with van der Waals surface area (Å²) in [6.45, 7) is 7.88. The molecule has 7 nitrogen and oxygen atoms in total. The maximum Gasteiger partial charge on any atom is 0.147 e. The second-order valence-corrected chi connectivity index (χ2v) is 6.99. The van der Waals surface area contributed by atoms with Gasteiger partial charge in [-0.05, 0) is 32.9 Å². The number of methoxy groups -OCH3 is 1. The van der Waals surface area contributed by atoms with E-state index in [9.17, 15) is 0 Å². The lowest BCUT2D eigenvalue weighted by Crippen LogP contribution is -2.35. The molecular weight excluding hydrogens is 316 g/mol. The van der Waals surface area contributed by atoms with Gasteiger partial charge in [-0.1, -0.05) is 0 Å². The van der Waals surface area contributed by atoms with Crippen molar-refractivity contribution in [1.82, 2.24) is 30.0 Å². The van der Waals surface area contributed by atoms with Crippen LogP contribution in [0.5, 0.6) is 5.75 Å². The average molecular weight is 342 g/mol. The quantitative estimate of drug-likeness (QED) is 0.908. The molecule has 2 aliphatic rings. The van der Waals surface area contributed by atoms with Crippen LogP contribution in [0.4, 0.5) is 0 Å². The summed E-state index contributed by atoms with van der Waals surface area (Å²) in [5, 5.41) is 12.2. The van der Waals surface area contributed by atoms with Crippen molar-refractivity contribution in [2.45, 2.75) is 45.3 Å². The lowest BCUT2D eigenvalue weighted by molar-refractivity contribution is 0.197. The van der Waals surface area contributed by atoms with Crippen LogP contribution in [0, 0.1) is 6.92 Å². The lowest BCUT2D eigenvalue weighted by atomic mass is 9.95. The number of aromatic nitrogens is 4. The van der Waals surface area contributed by atoms with Crippen LogP contribution in [0.3, 0.4) is 0 Å². The van der Waals surface area contributed by atoms with Crippen LogP contribution < -0.4 is 10.1 Å². The van der Waals surface area contributed by atoms with Gasteiger partial charge in [-0.25, -0.2) is 0 Å². The van der Waals surface area contributed by atoms with Gasteiger partial charge >= 0.3 is 0 Å². The first-order valence-electron chi connectivity index (χ1n) is 9.09. The number of nitrogens with one attached hydrogen (secondary N) is 1. The number of pyridine rings is 1. The second kappa shape index (κ2) is 7.09. The van der Waals surface area contributed by atoms with E-state index in [1.54, 1.807) is 7.11 Å². The number of rotatable bonds is 4. The van der Waals surface area contributed by atoms with E-state index >= 15 is 0 Å². The summed E-state index contributed by atoms with van der Waals surface area (Å²) >= 11 is 0. The Morgan fingerprint density at radius 3 is 2.84 bits per heavy atom. The Kier molecular flexibility index (Phi) is 4.67. The first-order chi connectivity index (χ1) is 12.2. The van der Waals surface area contributed by atoms with E-state index in [1.807, 2.05) is 19.1 Å². The van der Waals surface area contributed by atoms with E-state index in [-0.39, 0.29) is 0 Å². The third-order valence-electron chi connectivity index (χ3n) is 5.21. The highest BCUT2D eigenvalue weighted by Crippen LogP contribution is 2.28. The van der Waals surface area contributed by atoms with Crippen molar-refractivity contribution < 1.29 is 4.74 Å². The lowest BCUT2D eigenvalue weighted by Gasteiger charge is -2.31. The molecule has 0 aromatic carbocycles. The SMILES string of the molecule is COc1cc(C)nc(CN2CCC(c3nnc4n3CCNC4)CC2)c1. The van der Waals surface area contributed by atoms with Gasteiger partial charge in [0.25, 0.3) is 0 Å². The summed E-state index contributed by atoms with van der Waals surface area (Å²) in [7, 11) is 1.71. The van der Waals surface area contributed by atoms with Crippen LogP contribution >= 0.6 is 0 Å². The fourth-order valence-corrected chi connectivity index (χ4v) is 3.90. The van der Waals surface area contributed by atoms with E-state index in [4.69, 9.17) is 4.74 Å². The normalized spacial score (nSPS) is 19.0. The molecule has 4 heterocycles. The molecule has 0 aliphatic carbocycles. The van der Waals surface area contributed by atoms with Crippen molar-refractivity contribution >= 4 is 0 Å². The summed E-state index contributed by atoms with van der Waals surface area (Å²) in [5.74, 6) is 3.68. The number of ether oxygens (including phenoxy) is 1. The molecule has 0 bridgehead atoms. The van der Waals surface area contributed by atoms with Gasteiger partial charge in [0.05, 0.1) is 19.3 Å². The molecule has 4 rings (SSSR count). The molecule has 1 N–H and O–H groups in total. The van der Waals surface area contributed by atoms with Crippen molar-refractivity contribution in [1.29, 1.82) is 0 Å². The second-order valence-electron chi connectivity index (χ2n) is 6.99. The van der Waals surface area contributed by atoms with E-state index < -0.39 is 0 Å². The summed E-state index contributed by atoms with van der Waals surface area (Å²) < 4.78 is 7.69. The number of hydrogen-bond donors (Lipinski definition) is 1. The van der Waals surface area contributed by atoms with Crippen LogP contribution in [0.1, 0.15) is 41.8 Å². The Balaban J connectivity index is 1.39. The number of fused-ring (bicyclic) bond motifs is 1. The standard InChI is InChI=1S/C18H26N6O/c1-13-9-16(25-2)10-15(20-13)12-23-6-3-14(4-7-23)18-22-21-17-11-19-5-8-24(17)18/h9-10,14,19H,3-8,11-12H2,1-2H3. The summed E-state index contributed by atoms with van der Waals surface area (Å²) in [6, 6.07) is 4.01. The maximum atomic E-state index is 5.36. The Morgan fingerprint density at radius 1 is 1.20 bits per heavy atom. The monoisotopic (exact) mass is 342 g/mol. The molecule has 0 radical (unpaired) electrons. The molecule has 7 heteroatoms. The highest BCUT2D eigenvalue weighted by Gasteiger charge is 2.27. The van der Waals surface area contributed by atoms with E-state index in [0.29, 0.717) is 5.92 Å². The highest BCUT2D eigenvalue weighted by atomic mass is 16.5. The van der Waals surface area contributed by atoms with Gasteiger partial charge in [0.2, 0.25) is 0 Å². The molecule has 0 amide bonds. The molecule has 0 unspecified atom stereocenters. The van der Waals surface area contributed by atoms with Crippen LogP contribution in [-0.4, -0.2) is 51.4 Å². The maximum absolute atomic E-state index is 5.36. The van der Waals surface area contributed by atoms with E-state index in [1.165, 1.54) is 5.82 Å². The minimum atomic E-state index is 0.524. The van der Waals surface area contributed by atoms with Crippen molar-refractivity contribution in [2.75, 3.05) is 26.7 Å². The smallest absolute Gasteiger partial charge is 0.147 e. The number of hydrogen-bond acceptors (Lipinski definition) is 6. The zero-order valence-electron chi connectivity index (χ0n) is 15.0. The molecule has 1 fully saturated rings. The van der Waals surface area contributed by atoms with Gasteiger partial charge in [0.15, 0.2) is 0 Å². The number of aryl methyl sites for hydroxylation is 1. The van der Waals surface area contributed by atoms with Gasteiger partial charge < -0.3 is 14.6 Å². The zero-order valence-corrected chi connectivity index (χ0v) is 15.0. The predicted octanol–water partition coefficient (Wildman–Crippen LogP) is 1.47. The third kappa shape index (κ3) is 3.52. The fraction of sp³-hybridized carbons (Fsp3) is 0.611. The van der Waals surface area contributed by atoms with Gasteiger partial charge in [0, 0.05) is 43.4 Å². The molecular formula is C18H26N6O. The number of nitrogens with zero attached hydrogens (tertiary/aromatic N) is 5. The average Bonchev–Trinajstić information content (AvgIpc) is 3.06. The topological polar surface area (TPSA) is 68.1 Å². The van der Waals surface area contributed by atoms with Crippen molar-refractivity contribution in [3.63, 3.8) is 0 Å². The molecule has 0 saturated carbocycles. The van der Waals surface area contributed by atoms with Gasteiger partial charge in [-0.15, -0.1) is 10.2 Å². The molecule has 134 valence electrons. The van der Waals surface area contributed by atoms with E-state index in [2.05, 4.69) is 30.0 Å². The van der Waals surface area contributed by atoms with E-state index in [0.717, 1.165) is 75.1 Å². The first-order valence-corrected chi connectivity index (χ1v) is 9.09. The van der Waals surface area contributed by atoms with Crippen LogP contribution in [0.25, 0.3) is 0 Å². The minimum Gasteiger partial charge on any atom is -0.497 e. The molecule has 2 aliphatic heterocycles. The molecule has 0 atom stereocenters. The summed E-state index contributed by atoms with van der Waals surface area (Å²) in [5.41, 5.74) is 2.09. The largest absolute Gasteiger partial charge is 0.497 e. The van der Waals surface area contributed by atoms with Crippen LogP contribution in [0.15, 0.2) is 12.1 Å². The zero-order chi connectivity index (χ0) is 17.2. The fourth-order valence-electron chi connectivity index (χ4n) is 3.90. The Hall–Kier alpha value is -1.99. The van der Waals surface area contributed by atoms with Crippen LogP contribution in [-0.2, 0) is 19.6 Å². The number of piperidine rings is 1. The third-order valence-corrected chi connectivity index (χ3v) is 5.21. The Bertz CT molecular complexity index is 735. The molecule has 2 aromatic rings. The van der Waals surface area contributed by atoms with Crippen LogP contribution in [0.2, 0.25) is 0 Å². The Labute approximate surface area is 148 Å². The van der Waals surface area contributed by atoms with Gasteiger partial charge in [-0.3, -0.25) is 9.88 Å². The first kappa shape index (κ1) is 16.5. The van der Waals surface area contributed by atoms with Crippen molar-refractivity contribution in [2.24, 2.45) is 0 Å². The van der Waals surface area contributed by atoms with Gasteiger partial charge in [0.1, 0.15) is 17.4 Å². The molecule has 2 aromatic heterocycles. The van der Waals surface area contributed by atoms with Crippen molar-refractivity contribution in [3.05, 3.63) is 35.2 Å². The van der Waals surface area contributed by atoms with Crippen molar-refractivity contribution in [3.8, 4) is 5.75 Å². The molecule has 0 spiro atoms. The Morgan fingerprint density at radius 2 is 2.04 bits per heavy atom. The number of likely N-dealkylation sites (tertiary alicyclic amines) is 1. The summed E-state index contributed by atoms with van der Waals surface area (Å²) in [6.07, 6.45) is 2.27. The molecule has 1 saturated heterocycles. The summed E-state index contributed by atoms with van der Waals surface area (Å²) in [4.78, 5) is 7.13. The molecule has 25 heavy (non-hydrogen) atoms.